The molecule has 7 rings (SSSR count). The highest BCUT2D eigenvalue weighted by Gasteiger charge is 2.57. The van der Waals surface area contributed by atoms with Crippen molar-refractivity contribution in [2.24, 2.45) is 15.7 Å². The number of amides is 2. The lowest BCUT2D eigenvalue weighted by Gasteiger charge is -2.42. The van der Waals surface area contributed by atoms with Crippen LogP contribution >= 0.6 is 34.2 Å². The molecule has 19 nitrogen and oxygen atoms in total. The molecule has 4 aromatic rings. The van der Waals surface area contributed by atoms with Crippen LogP contribution in [0.15, 0.2) is 63.1 Å². The molecule has 0 aliphatic carbocycles. The van der Waals surface area contributed by atoms with E-state index in [1.54, 1.807) is 91.8 Å². The zero-order chi connectivity index (χ0) is 64.8. The zero-order valence-corrected chi connectivity index (χ0v) is 53.9. The van der Waals surface area contributed by atoms with Crippen molar-refractivity contribution in [3.05, 3.63) is 121 Å². The number of sulfone groups is 2. The standard InChI is InChI=1S/C29H43BF2N2O8S.C19H18ClF3N4O2S.C7H3FIN3.CH4/c1-24(2,3)39-22(35)34(23(36)40-25(4,5)6)21-26(7,8)43(37,38)16-29(13,33-21)18-14-17(15-19(31)20(18)32)30-41-27(9,10)28(11,12)42-30;1-18(2)17(24)27-19(3,9-30(18,28)29)11-4-10(6-13(22)16(11)23)5-12(21)14-7-26-15(20)8-25-14;1-10-7-4-11-6(3-12-7)5(8)2-9;/h14-15H,16H2,1-13H3;4-8H,9H2,1-3H3,(H2,24,27);2-4H;1H4/b;12-5-;5-2-;/t29-;19-;;/m00../s1. The van der Waals surface area contributed by atoms with Crippen LogP contribution < -0.4 is 11.2 Å². The number of halogens is 8. The Kier molecular flexibility index (Phi) is 21.5. The molecule has 86 heavy (non-hydrogen) atoms. The Morgan fingerprint density at radius 3 is 1.60 bits per heavy atom. The number of hydrogen-bond donors (Lipinski definition) is 1. The van der Waals surface area contributed by atoms with E-state index >= 15 is 8.78 Å². The van der Waals surface area contributed by atoms with Crippen LogP contribution in [-0.2, 0) is 49.5 Å². The maximum atomic E-state index is 15.6. The van der Waals surface area contributed by atoms with Gasteiger partial charge in [0.15, 0.2) is 54.6 Å². The first-order valence-electron chi connectivity index (χ1n) is 25.6. The Morgan fingerprint density at radius 1 is 0.709 bits per heavy atom. The van der Waals surface area contributed by atoms with Gasteiger partial charge in [-0.15, -0.1) is 4.98 Å². The summed E-state index contributed by atoms with van der Waals surface area (Å²) in [6.07, 6.45) is 3.11. The Bertz CT molecular complexity index is 3650. The van der Waals surface area contributed by atoms with Gasteiger partial charge in [0.25, 0.3) is 5.82 Å². The van der Waals surface area contributed by atoms with E-state index < -0.39 is 140 Å². The van der Waals surface area contributed by atoms with Gasteiger partial charge in [-0.3, -0.25) is 15.0 Å². The Hall–Kier alpha value is -6.07. The minimum Gasteiger partial charge on any atom is -0.443 e. The molecule has 0 saturated carbocycles. The first kappa shape index (κ1) is 72.4. The predicted molar refractivity (Wildman–Crippen MR) is 326 cm³/mol. The first-order chi connectivity index (χ1) is 38.6. The van der Waals surface area contributed by atoms with Gasteiger partial charge in [-0.2, -0.15) is 4.90 Å². The van der Waals surface area contributed by atoms with Crippen molar-refractivity contribution in [3.63, 3.8) is 0 Å². The third-order valence-electron chi connectivity index (χ3n) is 13.8. The van der Waals surface area contributed by atoms with Gasteiger partial charge in [-0.25, -0.2) is 62.7 Å². The molecule has 2 aromatic heterocycles. The minimum absolute atomic E-state index is 0. The van der Waals surface area contributed by atoms with Crippen LogP contribution in [0.1, 0.15) is 146 Å². The molecule has 0 radical (unpaired) electrons. The fourth-order valence-electron chi connectivity index (χ4n) is 8.11. The lowest BCUT2D eigenvalue weighted by atomic mass is 9.76. The van der Waals surface area contributed by atoms with Crippen LogP contribution in [0, 0.1) is 29.8 Å². The lowest BCUT2D eigenvalue weighted by molar-refractivity contribution is 0.00578. The molecule has 0 unspecified atom stereocenters. The molecule has 30 heteroatoms. The number of nitrogens with zero attached hydrogens (tertiary/aromatic N) is 8. The van der Waals surface area contributed by atoms with Crippen LogP contribution in [-0.4, -0.2) is 116 Å². The van der Waals surface area contributed by atoms with Crippen molar-refractivity contribution in [2.75, 3.05) is 11.5 Å². The number of aliphatic imine (C=N–C) groups is 2. The summed E-state index contributed by atoms with van der Waals surface area (Å²) in [5.41, 5.74) is -2.37. The molecule has 1 fully saturated rings. The number of carbonyl (C=O) groups excluding carboxylic acids is 2. The maximum Gasteiger partial charge on any atom is 0.494 e. The van der Waals surface area contributed by atoms with Crippen molar-refractivity contribution in [1.82, 2.24) is 24.8 Å². The highest BCUT2D eigenvalue weighted by molar-refractivity contribution is 14.1. The van der Waals surface area contributed by atoms with Crippen LogP contribution in [0.25, 0.3) is 22.6 Å². The normalized spacial score (nSPS) is 21.7. The second-order valence-electron chi connectivity index (χ2n) is 24.2. The number of aromatic nitrogens is 4. The van der Waals surface area contributed by atoms with Crippen molar-refractivity contribution in [1.29, 1.82) is 0 Å². The highest BCUT2D eigenvalue weighted by Crippen LogP contribution is 2.43. The topological polar surface area (TPSA) is 249 Å². The molecular weight excluding hydrogens is 1310 g/mol. The predicted octanol–water partition coefficient (Wildman–Crippen LogP) is 12.3. The number of ether oxygens (including phenoxy) is 2. The number of imide groups is 1. The summed E-state index contributed by atoms with van der Waals surface area (Å²) >= 11 is 7.38. The zero-order valence-electron chi connectivity index (χ0n) is 49.3. The third-order valence-corrected chi connectivity index (χ3v) is 19.9. The Morgan fingerprint density at radius 2 is 1.16 bits per heavy atom. The van der Waals surface area contributed by atoms with Gasteiger partial charge in [0.2, 0.25) is 0 Å². The summed E-state index contributed by atoms with van der Waals surface area (Å²) in [5.74, 6) is -8.50. The second kappa shape index (κ2) is 25.6. The molecule has 2 amide bonds. The van der Waals surface area contributed by atoms with Crippen LogP contribution in [0.5, 0.6) is 0 Å². The number of benzene rings is 2. The molecule has 5 heterocycles. The maximum absolute atomic E-state index is 15.6. The molecule has 2 atom stereocenters. The molecule has 3 aliphatic rings. The average Bonchev–Trinajstić information content (AvgIpc) is 0.888. The largest absolute Gasteiger partial charge is 0.494 e. The molecule has 1 saturated heterocycles. The lowest BCUT2D eigenvalue weighted by Crippen LogP contribution is -2.61. The number of carbonyl (C=O) groups is 2. The van der Waals surface area contributed by atoms with Gasteiger partial charge in [-0.05, 0) is 169 Å². The van der Waals surface area contributed by atoms with Gasteiger partial charge in [0, 0.05) is 15.2 Å². The van der Waals surface area contributed by atoms with Crippen molar-refractivity contribution in [2.45, 2.75) is 161 Å². The molecule has 2 aromatic carbocycles. The van der Waals surface area contributed by atoms with Crippen molar-refractivity contribution < 1.29 is 71.5 Å². The second-order valence-corrected chi connectivity index (χ2v) is 30.3. The summed E-state index contributed by atoms with van der Waals surface area (Å²) in [6.45, 7) is 31.1. The monoisotopic (exact) mass is 1380 g/mol. The molecule has 0 spiro atoms. The number of amidine groups is 2. The van der Waals surface area contributed by atoms with E-state index in [1.165, 1.54) is 64.1 Å². The van der Waals surface area contributed by atoms with Crippen LogP contribution in [0.2, 0.25) is 5.15 Å². The van der Waals surface area contributed by atoms with Crippen LogP contribution in [0.4, 0.5) is 41.7 Å². The summed E-state index contributed by atoms with van der Waals surface area (Å²) in [5, 5.41) is 0.0615. The van der Waals surface area contributed by atoms with Crippen molar-refractivity contribution >= 4 is 114 Å². The first-order valence-corrected chi connectivity index (χ1v) is 30.5. The smallest absolute Gasteiger partial charge is 0.443 e. The Labute approximate surface area is 516 Å². The molecule has 0 bridgehead atoms. The van der Waals surface area contributed by atoms with E-state index in [0.29, 0.717) is 4.90 Å². The summed E-state index contributed by atoms with van der Waals surface area (Å²) in [7, 11) is -9.24. The fraction of sp³-hybridized carbons (Fsp3) is 0.482. The third kappa shape index (κ3) is 15.8. The van der Waals surface area contributed by atoms with E-state index in [2.05, 4.69) is 34.8 Å². The SMILES string of the molecule is C.CC(C)(C)OC(=O)N(C(=O)OC(C)(C)C)C1=N[C@](C)(c2cc(B3OC(C)(C)C(C)(C)O3)cc(F)c2F)CS(=O)(=O)C1(C)C.CC1(C)C(N)=N[C@](C)(c2cc(/C=C(\F)c3cnc(Cl)cn3)cc(F)c2F)CS1(=O)=O.[C-]#[N+]c1cnc(/C(F)=C/I)cn1. The summed E-state index contributed by atoms with van der Waals surface area (Å²) in [6, 6.07) is 4.07. The molecule has 2 N–H and O–H groups in total. The van der Waals surface area contributed by atoms with E-state index in [4.69, 9.17) is 42.7 Å². The summed E-state index contributed by atoms with van der Waals surface area (Å²) < 4.78 is 161. The number of nitrogens with two attached hydrogens (primary N) is 1. The summed E-state index contributed by atoms with van der Waals surface area (Å²) in [4.78, 5) is 53.9. The number of hydrogen-bond acceptors (Lipinski definition) is 17. The fourth-order valence-corrected chi connectivity index (χ4v) is 11.9. The average molecular weight is 1380 g/mol. The van der Waals surface area contributed by atoms with Crippen molar-refractivity contribution in [3.8, 4) is 0 Å². The quantitative estimate of drug-likeness (QED) is 0.0816. The molecule has 3 aliphatic heterocycles. The van der Waals surface area contributed by atoms with Gasteiger partial charge in [-0.1, -0.05) is 31.7 Å². The molecule has 468 valence electrons. The Balaban J connectivity index is 0.000000317. The number of rotatable bonds is 6. The molecular formula is C56H68BClF6IN9O10S2. The van der Waals surface area contributed by atoms with Gasteiger partial charge in [0.05, 0.1) is 41.3 Å². The van der Waals surface area contributed by atoms with Gasteiger partial charge in [0.1, 0.15) is 66.2 Å². The van der Waals surface area contributed by atoms with E-state index in [0.717, 1.165) is 36.7 Å². The van der Waals surface area contributed by atoms with Gasteiger partial charge < -0.3 is 29.4 Å². The van der Waals surface area contributed by atoms with E-state index in [1.807, 2.05) is 0 Å². The van der Waals surface area contributed by atoms with E-state index in [9.17, 15) is 44.0 Å². The van der Waals surface area contributed by atoms with Crippen LogP contribution in [0.3, 0.4) is 0 Å². The minimum atomic E-state index is -4.30. The van der Waals surface area contributed by atoms with E-state index in [-0.39, 0.29) is 52.2 Å². The highest BCUT2D eigenvalue weighted by atomic mass is 127. The van der Waals surface area contributed by atoms with Gasteiger partial charge >= 0.3 is 19.3 Å².